The maximum atomic E-state index is 5.91. The molecule has 3 N–H and O–H groups in total. The third kappa shape index (κ3) is 2.15. The van der Waals surface area contributed by atoms with Crippen LogP contribution in [0.15, 0.2) is 12.1 Å². The van der Waals surface area contributed by atoms with E-state index in [0.29, 0.717) is 0 Å². The predicted molar refractivity (Wildman–Crippen MR) is 71.7 cm³/mol. The van der Waals surface area contributed by atoms with Crippen LogP contribution in [0.3, 0.4) is 0 Å². The van der Waals surface area contributed by atoms with E-state index in [0.717, 1.165) is 17.7 Å². The highest BCUT2D eigenvalue weighted by molar-refractivity contribution is 5.90. The lowest BCUT2D eigenvalue weighted by molar-refractivity contribution is 0.418. The van der Waals surface area contributed by atoms with Gasteiger partial charge in [-0.2, -0.15) is 0 Å². The topological polar surface area (TPSA) is 51.0 Å². The molecule has 0 bridgehead atoms. The van der Waals surface area contributed by atoms with Crippen LogP contribution in [0, 0.1) is 13.8 Å². The standard InChI is InChI=1S/C14H20N2O/c1-8-5-12-11(7-9(2)15)10(3)16-14(12)13(6-8)17-4/h5-6,9,16H,7,15H2,1-4H3. The summed E-state index contributed by atoms with van der Waals surface area (Å²) >= 11 is 0. The van der Waals surface area contributed by atoms with Gasteiger partial charge >= 0.3 is 0 Å². The molecule has 92 valence electrons. The van der Waals surface area contributed by atoms with Crippen LogP contribution in [0.2, 0.25) is 0 Å². The molecule has 0 aliphatic heterocycles. The van der Waals surface area contributed by atoms with Crippen molar-refractivity contribution in [3.63, 3.8) is 0 Å². The number of nitrogens with one attached hydrogen (secondary N) is 1. The predicted octanol–water partition coefficient (Wildman–Crippen LogP) is 2.68. The van der Waals surface area contributed by atoms with Gasteiger partial charge in [-0.3, -0.25) is 0 Å². The zero-order chi connectivity index (χ0) is 12.6. The van der Waals surface area contributed by atoms with Crippen molar-refractivity contribution in [3.8, 4) is 5.75 Å². The molecule has 0 aliphatic rings. The molecule has 0 saturated heterocycles. The average molecular weight is 232 g/mol. The van der Waals surface area contributed by atoms with Gasteiger partial charge in [0.1, 0.15) is 5.75 Å². The molecule has 0 saturated carbocycles. The summed E-state index contributed by atoms with van der Waals surface area (Å²) in [6.07, 6.45) is 0.887. The van der Waals surface area contributed by atoms with Gasteiger partial charge in [0, 0.05) is 17.1 Å². The Hall–Kier alpha value is -1.48. The van der Waals surface area contributed by atoms with Gasteiger partial charge in [-0.25, -0.2) is 0 Å². The van der Waals surface area contributed by atoms with Crippen molar-refractivity contribution >= 4 is 10.9 Å². The lowest BCUT2D eigenvalue weighted by Gasteiger charge is -2.07. The number of hydrogen-bond acceptors (Lipinski definition) is 2. The van der Waals surface area contributed by atoms with Crippen molar-refractivity contribution in [1.82, 2.24) is 4.98 Å². The molecule has 1 heterocycles. The molecule has 0 aliphatic carbocycles. The highest BCUT2D eigenvalue weighted by Crippen LogP contribution is 2.31. The summed E-state index contributed by atoms with van der Waals surface area (Å²) in [4.78, 5) is 3.40. The molecule has 1 aromatic carbocycles. The minimum Gasteiger partial charge on any atom is -0.495 e. The Balaban J connectivity index is 2.68. The van der Waals surface area contributed by atoms with E-state index in [1.165, 1.54) is 22.2 Å². The first-order chi connectivity index (χ1) is 8.02. The minimum atomic E-state index is 0.166. The molecule has 0 fully saturated rings. The van der Waals surface area contributed by atoms with Gasteiger partial charge < -0.3 is 15.5 Å². The summed E-state index contributed by atoms with van der Waals surface area (Å²) in [6, 6.07) is 4.41. The Morgan fingerprint density at radius 2 is 2.06 bits per heavy atom. The minimum absolute atomic E-state index is 0.166. The van der Waals surface area contributed by atoms with Crippen molar-refractivity contribution in [3.05, 3.63) is 29.0 Å². The fraction of sp³-hybridized carbons (Fsp3) is 0.429. The van der Waals surface area contributed by atoms with Crippen LogP contribution in [0.5, 0.6) is 5.75 Å². The number of H-pyrrole nitrogens is 1. The monoisotopic (exact) mass is 232 g/mol. The molecule has 1 unspecified atom stereocenters. The number of methoxy groups -OCH3 is 1. The van der Waals surface area contributed by atoms with Crippen molar-refractivity contribution < 1.29 is 4.74 Å². The van der Waals surface area contributed by atoms with Crippen LogP contribution in [-0.4, -0.2) is 18.1 Å². The average Bonchev–Trinajstić information content (AvgIpc) is 2.55. The fourth-order valence-corrected chi connectivity index (χ4v) is 2.33. The van der Waals surface area contributed by atoms with Crippen LogP contribution in [-0.2, 0) is 6.42 Å². The molecule has 0 radical (unpaired) electrons. The van der Waals surface area contributed by atoms with Crippen molar-refractivity contribution in [2.45, 2.75) is 33.2 Å². The van der Waals surface area contributed by atoms with Crippen LogP contribution in [0.4, 0.5) is 0 Å². The third-order valence-electron chi connectivity index (χ3n) is 3.08. The lowest BCUT2D eigenvalue weighted by atomic mass is 10.0. The number of nitrogens with two attached hydrogens (primary N) is 1. The summed E-state index contributed by atoms with van der Waals surface area (Å²) in [7, 11) is 1.70. The summed E-state index contributed by atoms with van der Waals surface area (Å²) in [5, 5.41) is 1.23. The SMILES string of the molecule is COc1cc(C)cc2c(CC(C)N)c(C)[nH]c12. The summed E-state index contributed by atoms with van der Waals surface area (Å²) in [5.41, 5.74) is 10.7. The molecule has 2 aromatic rings. The largest absolute Gasteiger partial charge is 0.495 e. The molecule has 1 aromatic heterocycles. The van der Waals surface area contributed by atoms with E-state index in [1.807, 2.05) is 13.0 Å². The first-order valence-electron chi connectivity index (χ1n) is 5.94. The second-order valence-electron chi connectivity index (χ2n) is 4.80. The Labute approximate surface area is 102 Å². The molecular formula is C14H20N2O. The third-order valence-corrected chi connectivity index (χ3v) is 3.08. The molecule has 0 amide bonds. The zero-order valence-corrected chi connectivity index (χ0v) is 10.9. The van der Waals surface area contributed by atoms with Gasteiger partial charge in [0.15, 0.2) is 0 Å². The van der Waals surface area contributed by atoms with Gasteiger partial charge in [-0.1, -0.05) is 0 Å². The highest BCUT2D eigenvalue weighted by atomic mass is 16.5. The number of fused-ring (bicyclic) bond motifs is 1. The number of hydrogen-bond donors (Lipinski definition) is 2. The van der Waals surface area contributed by atoms with Gasteiger partial charge in [-0.05, 0) is 50.5 Å². The summed E-state index contributed by atoms with van der Waals surface area (Å²) in [6.45, 7) is 6.21. The van der Waals surface area contributed by atoms with Gasteiger partial charge in [-0.15, -0.1) is 0 Å². The van der Waals surface area contributed by atoms with Crippen molar-refractivity contribution in [2.24, 2.45) is 5.73 Å². The van der Waals surface area contributed by atoms with E-state index >= 15 is 0 Å². The van der Waals surface area contributed by atoms with E-state index < -0.39 is 0 Å². The molecule has 3 heteroatoms. The van der Waals surface area contributed by atoms with Gasteiger partial charge in [0.2, 0.25) is 0 Å². The van der Waals surface area contributed by atoms with E-state index in [2.05, 4.69) is 24.9 Å². The highest BCUT2D eigenvalue weighted by Gasteiger charge is 2.13. The van der Waals surface area contributed by atoms with Crippen molar-refractivity contribution in [1.29, 1.82) is 0 Å². The Kier molecular flexibility index (Phi) is 3.11. The van der Waals surface area contributed by atoms with Crippen molar-refractivity contribution in [2.75, 3.05) is 7.11 Å². The van der Waals surface area contributed by atoms with Crippen LogP contribution < -0.4 is 10.5 Å². The second-order valence-corrected chi connectivity index (χ2v) is 4.80. The van der Waals surface area contributed by atoms with E-state index in [4.69, 9.17) is 10.5 Å². The number of rotatable bonds is 3. The number of aryl methyl sites for hydroxylation is 2. The zero-order valence-electron chi connectivity index (χ0n) is 10.9. The molecule has 17 heavy (non-hydrogen) atoms. The van der Waals surface area contributed by atoms with Crippen LogP contribution in [0.25, 0.3) is 10.9 Å². The number of aromatic amines is 1. The normalized spacial score (nSPS) is 13.0. The molecular weight excluding hydrogens is 212 g/mol. The molecule has 2 rings (SSSR count). The smallest absolute Gasteiger partial charge is 0.143 e. The number of benzene rings is 1. The molecule has 0 spiro atoms. The van der Waals surface area contributed by atoms with E-state index in [1.54, 1.807) is 7.11 Å². The Morgan fingerprint density at radius 1 is 1.35 bits per heavy atom. The number of ether oxygens (including phenoxy) is 1. The second kappa shape index (κ2) is 4.41. The first-order valence-corrected chi connectivity index (χ1v) is 5.94. The molecule has 1 atom stereocenters. The fourth-order valence-electron chi connectivity index (χ4n) is 2.33. The maximum absolute atomic E-state index is 5.91. The summed E-state index contributed by atoms with van der Waals surface area (Å²) in [5.74, 6) is 0.902. The Morgan fingerprint density at radius 3 is 2.65 bits per heavy atom. The van der Waals surface area contributed by atoms with Gasteiger partial charge in [0.05, 0.1) is 12.6 Å². The molecule has 3 nitrogen and oxygen atoms in total. The van der Waals surface area contributed by atoms with Crippen LogP contribution in [0.1, 0.15) is 23.7 Å². The Bertz CT molecular complexity index is 541. The van der Waals surface area contributed by atoms with E-state index in [9.17, 15) is 0 Å². The first kappa shape index (κ1) is 12.0. The quantitative estimate of drug-likeness (QED) is 0.854. The summed E-state index contributed by atoms with van der Waals surface area (Å²) < 4.78 is 5.42. The van der Waals surface area contributed by atoms with Gasteiger partial charge in [0.25, 0.3) is 0 Å². The van der Waals surface area contributed by atoms with Crippen LogP contribution >= 0.6 is 0 Å². The van der Waals surface area contributed by atoms with E-state index in [-0.39, 0.29) is 6.04 Å². The maximum Gasteiger partial charge on any atom is 0.143 e. The lowest BCUT2D eigenvalue weighted by Crippen LogP contribution is -2.18. The number of aromatic nitrogens is 1.